The Morgan fingerprint density at radius 2 is 1.00 bits per heavy atom. The number of cyclic esters (lactones) is 1. The van der Waals surface area contributed by atoms with Crippen LogP contribution in [-0.4, -0.2) is 48.6 Å². The van der Waals surface area contributed by atoms with Crippen molar-refractivity contribution in [2.45, 2.75) is 0 Å². The van der Waals surface area contributed by atoms with E-state index in [1.165, 1.54) is 48.7 Å². The van der Waals surface area contributed by atoms with Crippen LogP contribution in [0.4, 0.5) is 0 Å². The van der Waals surface area contributed by atoms with E-state index in [0.717, 1.165) is 0 Å². The predicted molar refractivity (Wildman–Crippen MR) is 113 cm³/mol. The Kier molecular flexibility index (Phi) is 6.59. The molecule has 0 spiro atoms. The highest BCUT2D eigenvalue weighted by atomic mass is 16.5. The number of rotatable bonds is 8. The maximum absolute atomic E-state index is 11.8. The highest BCUT2D eigenvalue weighted by molar-refractivity contribution is 5.93. The monoisotopic (exact) mass is 428 g/mol. The first-order chi connectivity index (χ1) is 15.0. The Morgan fingerprint density at radius 1 is 0.613 bits per heavy atom. The molecule has 0 saturated carbocycles. The molecule has 164 valence electrons. The lowest BCUT2D eigenvalue weighted by Gasteiger charge is -2.19. The summed E-state index contributed by atoms with van der Waals surface area (Å²) in [6.07, 6.45) is 2.95. The van der Waals surface area contributed by atoms with Gasteiger partial charge in [-0.05, 0) is 41.5 Å². The van der Waals surface area contributed by atoms with E-state index in [9.17, 15) is 4.79 Å². The number of methoxy groups -OCH3 is 6. The van der Waals surface area contributed by atoms with Crippen molar-refractivity contribution < 1.29 is 38.0 Å². The van der Waals surface area contributed by atoms with Crippen LogP contribution in [0.15, 0.2) is 42.2 Å². The summed E-state index contributed by atoms with van der Waals surface area (Å²) in [7, 11) is 9.18. The largest absolute Gasteiger partial charge is 0.493 e. The van der Waals surface area contributed by atoms with Crippen LogP contribution in [0, 0.1) is 0 Å². The van der Waals surface area contributed by atoms with Crippen molar-refractivity contribution in [1.82, 2.24) is 0 Å². The fourth-order valence-corrected chi connectivity index (χ4v) is 3.36. The maximum Gasteiger partial charge on any atom is 0.336 e. The second-order valence-corrected chi connectivity index (χ2v) is 6.32. The molecule has 0 aromatic heterocycles. The van der Waals surface area contributed by atoms with Crippen LogP contribution < -0.4 is 28.4 Å². The minimum Gasteiger partial charge on any atom is -0.493 e. The van der Waals surface area contributed by atoms with E-state index in [1.807, 2.05) is 0 Å². The number of carbonyl (C=O) groups excluding carboxylic acids is 1. The molecule has 1 aliphatic rings. The van der Waals surface area contributed by atoms with Crippen molar-refractivity contribution >= 4 is 11.5 Å². The lowest BCUT2D eigenvalue weighted by atomic mass is 9.95. The quantitative estimate of drug-likeness (QED) is 0.590. The molecule has 0 saturated heterocycles. The zero-order valence-electron chi connectivity index (χ0n) is 18.2. The minimum atomic E-state index is -0.465. The van der Waals surface area contributed by atoms with Gasteiger partial charge in [-0.25, -0.2) is 4.79 Å². The molecule has 2 aromatic carbocycles. The van der Waals surface area contributed by atoms with E-state index in [4.69, 9.17) is 33.2 Å². The van der Waals surface area contributed by atoms with Gasteiger partial charge < -0.3 is 33.2 Å². The lowest BCUT2D eigenvalue weighted by molar-refractivity contribution is -0.132. The molecule has 8 heteroatoms. The number of carbonyl (C=O) groups is 1. The van der Waals surface area contributed by atoms with Crippen LogP contribution in [0.1, 0.15) is 11.1 Å². The van der Waals surface area contributed by atoms with Crippen LogP contribution in [-0.2, 0) is 9.53 Å². The summed E-state index contributed by atoms with van der Waals surface area (Å²) < 4.78 is 38.3. The fraction of sp³-hybridized carbons (Fsp3) is 0.261. The second-order valence-electron chi connectivity index (χ2n) is 6.32. The van der Waals surface area contributed by atoms with Crippen LogP contribution in [0.5, 0.6) is 34.5 Å². The molecule has 3 rings (SSSR count). The Bertz CT molecular complexity index is 936. The van der Waals surface area contributed by atoms with Gasteiger partial charge in [0.25, 0.3) is 0 Å². The molecule has 0 radical (unpaired) electrons. The van der Waals surface area contributed by atoms with Gasteiger partial charge in [0, 0.05) is 11.6 Å². The Balaban J connectivity index is 2.34. The van der Waals surface area contributed by atoms with Gasteiger partial charge in [0.15, 0.2) is 23.0 Å². The molecule has 8 nitrogen and oxygen atoms in total. The molecular weight excluding hydrogens is 404 g/mol. The van der Waals surface area contributed by atoms with Crippen molar-refractivity contribution in [1.29, 1.82) is 0 Å². The Hall–Kier alpha value is -3.81. The zero-order chi connectivity index (χ0) is 22.5. The molecule has 0 atom stereocenters. The molecule has 0 amide bonds. The van der Waals surface area contributed by atoms with E-state index in [2.05, 4.69) is 0 Å². The topological polar surface area (TPSA) is 81.7 Å². The van der Waals surface area contributed by atoms with Crippen LogP contribution in [0.25, 0.3) is 5.57 Å². The Morgan fingerprint density at radius 3 is 1.26 bits per heavy atom. The maximum atomic E-state index is 11.8. The van der Waals surface area contributed by atoms with Gasteiger partial charge in [0.1, 0.15) is 5.76 Å². The van der Waals surface area contributed by atoms with Crippen molar-refractivity contribution in [3.63, 3.8) is 0 Å². The summed E-state index contributed by atoms with van der Waals surface area (Å²) in [5.74, 6) is 2.60. The van der Waals surface area contributed by atoms with E-state index in [1.54, 1.807) is 30.3 Å². The van der Waals surface area contributed by atoms with Crippen LogP contribution >= 0.6 is 0 Å². The molecular formula is C23H24O8. The van der Waals surface area contributed by atoms with Crippen molar-refractivity contribution in [3.05, 3.63) is 53.3 Å². The first kappa shape index (κ1) is 21.9. The van der Waals surface area contributed by atoms with Gasteiger partial charge in [0.2, 0.25) is 11.5 Å². The van der Waals surface area contributed by atoms with Crippen LogP contribution in [0.3, 0.4) is 0 Å². The zero-order valence-corrected chi connectivity index (χ0v) is 18.2. The van der Waals surface area contributed by atoms with E-state index in [0.29, 0.717) is 57.0 Å². The number of hydrogen-bond donors (Lipinski definition) is 0. The summed E-state index contributed by atoms with van der Waals surface area (Å²) >= 11 is 0. The average Bonchev–Trinajstić information content (AvgIpc) is 3.22. The van der Waals surface area contributed by atoms with Crippen molar-refractivity contribution in [2.24, 2.45) is 0 Å². The number of hydrogen-bond acceptors (Lipinski definition) is 8. The molecule has 2 aromatic rings. The highest BCUT2D eigenvalue weighted by Gasteiger charge is 2.24. The normalized spacial score (nSPS) is 12.3. The van der Waals surface area contributed by atoms with Gasteiger partial charge in [-0.3, -0.25) is 0 Å². The highest BCUT2D eigenvalue weighted by Crippen LogP contribution is 2.45. The SMILES string of the molecule is COc1cc(C(=C2C=CC(=O)O2)c2cc(OC)c(OC)c(OC)c2)cc(OC)c1OC. The molecule has 0 aliphatic carbocycles. The minimum absolute atomic E-state index is 0.355. The Labute approximate surface area is 180 Å². The summed E-state index contributed by atoms with van der Waals surface area (Å²) in [5.41, 5.74) is 1.93. The first-order valence-corrected chi connectivity index (χ1v) is 9.26. The van der Waals surface area contributed by atoms with E-state index >= 15 is 0 Å². The molecule has 0 fully saturated rings. The molecule has 1 aliphatic heterocycles. The summed E-state index contributed by atoms with van der Waals surface area (Å²) in [4.78, 5) is 11.8. The fourth-order valence-electron chi connectivity index (χ4n) is 3.36. The molecule has 31 heavy (non-hydrogen) atoms. The third-order valence-corrected chi connectivity index (χ3v) is 4.73. The number of ether oxygens (including phenoxy) is 7. The van der Waals surface area contributed by atoms with E-state index in [-0.39, 0.29) is 0 Å². The predicted octanol–water partition coefficient (Wildman–Crippen LogP) is 3.61. The summed E-state index contributed by atoms with van der Waals surface area (Å²) in [6.45, 7) is 0. The first-order valence-electron chi connectivity index (χ1n) is 9.26. The number of esters is 1. The molecule has 0 unspecified atom stereocenters. The third-order valence-electron chi connectivity index (χ3n) is 4.73. The van der Waals surface area contributed by atoms with Crippen molar-refractivity contribution in [3.8, 4) is 34.5 Å². The standard InChI is InChI=1S/C23H24O8/c1-25-16-9-13(10-17(26-2)22(16)29-5)21(15-7-8-20(24)31-15)14-11-18(27-3)23(30-6)19(12-14)28-4/h7-12H,1-6H3. The van der Waals surface area contributed by atoms with Gasteiger partial charge in [-0.1, -0.05) is 0 Å². The van der Waals surface area contributed by atoms with Gasteiger partial charge in [-0.2, -0.15) is 0 Å². The molecule has 0 bridgehead atoms. The second kappa shape index (κ2) is 9.34. The summed E-state index contributed by atoms with van der Waals surface area (Å²) in [6, 6.07) is 7.08. The third kappa shape index (κ3) is 4.09. The number of allylic oxidation sites excluding steroid dienone is 1. The van der Waals surface area contributed by atoms with Gasteiger partial charge >= 0.3 is 5.97 Å². The average molecular weight is 428 g/mol. The number of benzene rings is 2. The van der Waals surface area contributed by atoms with Crippen molar-refractivity contribution in [2.75, 3.05) is 42.7 Å². The van der Waals surface area contributed by atoms with Gasteiger partial charge in [-0.15, -0.1) is 0 Å². The van der Waals surface area contributed by atoms with Gasteiger partial charge in [0.05, 0.1) is 42.7 Å². The van der Waals surface area contributed by atoms with Crippen LogP contribution in [0.2, 0.25) is 0 Å². The lowest BCUT2D eigenvalue weighted by Crippen LogP contribution is -2.02. The molecule has 0 N–H and O–H groups in total. The summed E-state index contributed by atoms with van der Waals surface area (Å²) in [5, 5.41) is 0. The smallest absolute Gasteiger partial charge is 0.336 e. The van der Waals surface area contributed by atoms with E-state index < -0.39 is 5.97 Å². The molecule has 1 heterocycles.